The molecule has 0 aliphatic carbocycles. The third kappa shape index (κ3) is 11.3. The minimum absolute atomic E-state index is 0.0121. The number of carbonyl (C=O) groups excluding carboxylic acids is 2. The second-order valence-electron chi connectivity index (χ2n) is 13.5. The molecule has 0 saturated carbocycles. The molecule has 2 aromatic carbocycles. The van der Waals surface area contributed by atoms with Crippen molar-refractivity contribution in [3.05, 3.63) is 87.6 Å². The lowest BCUT2D eigenvalue weighted by molar-refractivity contribution is -0.124. The average Bonchev–Trinajstić information content (AvgIpc) is 3.05. The van der Waals surface area contributed by atoms with E-state index < -0.39 is 0 Å². The number of Topliss-reactive ketones (excluding diaryl/α,β-unsaturated/α-hetero) is 1. The lowest BCUT2D eigenvalue weighted by Crippen LogP contribution is -2.35. The second kappa shape index (κ2) is 18.5. The van der Waals surface area contributed by atoms with Crippen LogP contribution in [0.1, 0.15) is 90.3 Å². The number of hydrogen-bond acceptors (Lipinski definition) is 8. The molecule has 1 aliphatic rings. The van der Waals surface area contributed by atoms with Crippen LogP contribution in [-0.4, -0.2) is 55.4 Å². The summed E-state index contributed by atoms with van der Waals surface area (Å²) in [6.07, 6.45) is 12.9. The third-order valence-electron chi connectivity index (χ3n) is 9.44. The Labute approximate surface area is 286 Å². The number of ether oxygens (including phenoxy) is 1. The number of ketones is 2. The molecule has 48 heavy (non-hydrogen) atoms. The van der Waals surface area contributed by atoms with Gasteiger partial charge in [-0.15, -0.1) is 0 Å². The maximum atomic E-state index is 12.8. The van der Waals surface area contributed by atoms with Crippen LogP contribution in [-0.2, 0) is 22.4 Å². The number of nitrogen functional groups attached to an aromatic ring is 1. The number of unbranched alkanes of at least 4 members (excludes halogenated alkanes) is 2. The molecular weight excluding hydrogens is 600 g/mol. The summed E-state index contributed by atoms with van der Waals surface area (Å²) >= 11 is 0. The molecule has 0 spiro atoms. The molecule has 1 saturated heterocycles. The van der Waals surface area contributed by atoms with E-state index in [0.717, 1.165) is 67.1 Å². The monoisotopic (exact) mass is 654 g/mol. The van der Waals surface area contributed by atoms with Gasteiger partial charge in [0.05, 0.1) is 13.5 Å². The number of phenols is 1. The van der Waals surface area contributed by atoms with E-state index in [4.69, 9.17) is 10.5 Å². The van der Waals surface area contributed by atoms with Gasteiger partial charge in [-0.25, -0.2) is 4.98 Å². The molecule has 3 aromatic rings. The number of methoxy groups -OCH3 is 1. The second-order valence-corrected chi connectivity index (χ2v) is 13.5. The maximum absolute atomic E-state index is 12.8. The number of nitrogens with one attached hydrogen (secondary N) is 2. The zero-order chi connectivity index (χ0) is 34.5. The van der Waals surface area contributed by atoms with Crippen LogP contribution in [0.4, 0.5) is 5.82 Å². The lowest BCUT2D eigenvalue weighted by atomic mass is 9.81. The van der Waals surface area contributed by atoms with Crippen molar-refractivity contribution in [2.45, 2.75) is 78.1 Å². The Kier molecular flexibility index (Phi) is 14.2. The van der Waals surface area contributed by atoms with Crippen LogP contribution in [0.25, 0.3) is 6.08 Å². The molecule has 1 fully saturated rings. The Bertz CT molecular complexity index is 1540. The molecular formula is C40H54N4O4. The van der Waals surface area contributed by atoms with Crippen molar-refractivity contribution in [3.63, 3.8) is 0 Å². The SMILES string of the molecule is CNC[C@H](CCCCCC(=O)CC(=O)/C=C/c1cc(OC)c(O)cc1Cc1cnc(N)c(Cc2cc(C)cc(C)c2)c1)C1CCNCC1. The van der Waals surface area contributed by atoms with Gasteiger partial charge in [-0.1, -0.05) is 48.2 Å². The molecule has 258 valence electrons. The Morgan fingerprint density at radius 3 is 2.46 bits per heavy atom. The number of allylic oxidation sites excluding steroid dienone is 1. The highest BCUT2D eigenvalue weighted by molar-refractivity contribution is 6.06. The number of hydrogen-bond donors (Lipinski definition) is 4. The van der Waals surface area contributed by atoms with Gasteiger partial charge in [-0.3, -0.25) is 9.59 Å². The summed E-state index contributed by atoms with van der Waals surface area (Å²) in [4.78, 5) is 29.9. The van der Waals surface area contributed by atoms with Gasteiger partial charge in [0, 0.05) is 19.0 Å². The van der Waals surface area contributed by atoms with Crippen LogP contribution < -0.4 is 21.1 Å². The van der Waals surface area contributed by atoms with Crippen LogP contribution in [0.15, 0.2) is 48.7 Å². The van der Waals surface area contributed by atoms with E-state index in [-0.39, 0.29) is 23.7 Å². The quantitative estimate of drug-likeness (QED) is 0.0696. The van der Waals surface area contributed by atoms with Crippen molar-refractivity contribution in [1.29, 1.82) is 0 Å². The number of carbonyl (C=O) groups is 2. The number of aryl methyl sites for hydroxylation is 2. The van der Waals surface area contributed by atoms with Crippen LogP contribution in [0.2, 0.25) is 0 Å². The van der Waals surface area contributed by atoms with E-state index in [9.17, 15) is 14.7 Å². The highest BCUT2D eigenvalue weighted by atomic mass is 16.5. The Hall–Kier alpha value is -4.01. The lowest BCUT2D eigenvalue weighted by Gasteiger charge is -2.30. The highest BCUT2D eigenvalue weighted by Gasteiger charge is 2.22. The Morgan fingerprint density at radius 1 is 1.02 bits per heavy atom. The van der Waals surface area contributed by atoms with E-state index in [0.29, 0.717) is 36.7 Å². The van der Waals surface area contributed by atoms with Crippen molar-refractivity contribution in [1.82, 2.24) is 15.6 Å². The summed E-state index contributed by atoms with van der Waals surface area (Å²) in [5, 5.41) is 17.4. The van der Waals surface area contributed by atoms with Gasteiger partial charge in [0.2, 0.25) is 0 Å². The predicted molar refractivity (Wildman–Crippen MR) is 195 cm³/mol. The molecule has 2 heterocycles. The molecule has 4 rings (SSSR count). The average molecular weight is 655 g/mol. The van der Waals surface area contributed by atoms with Gasteiger partial charge < -0.3 is 26.2 Å². The van der Waals surface area contributed by atoms with Gasteiger partial charge in [0.1, 0.15) is 11.6 Å². The summed E-state index contributed by atoms with van der Waals surface area (Å²) in [5.41, 5.74) is 13.2. The van der Waals surface area contributed by atoms with Crippen LogP contribution in [0.5, 0.6) is 11.5 Å². The number of rotatable bonds is 18. The van der Waals surface area contributed by atoms with Crippen molar-refractivity contribution in [2.24, 2.45) is 11.8 Å². The molecule has 1 aliphatic heterocycles. The van der Waals surface area contributed by atoms with Crippen molar-refractivity contribution in [3.8, 4) is 11.5 Å². The molecule has 8 heteroatoms. The van der Waals surface area contributed by atoms with Crippen molar-refractivity contribution in [2.75, 3.05) is 39.5 Å². The van der Waals surface area contributed by atoms with Gasteiger partial charge in [-0.05, 0) is 137 Å². The normalized spacial score (nSPS) is 14.3. The van der Waals surface area contributed by atoms with Crippen molar-refractivity contribution < 1.29 is 19.4 Å². The first-order chi connectivity index (χ1) is 23.1. The highest BCUT2D eigenvalue weighted by Crippen LogP contribution is 2.32. The standard InChI is InChI=1S/C40H54N4O4/c1-27-16-28(2)18-29(17-27)19-35-21-30(25-44-40(35)41)20-34-22-38(47)39(48-4)23-32(34)10-11-37(46)24-36(45)9-7-5-6-8-33(26-42-3)31-12-14-43-15-13-31/h10-11,16-18,21-23,25,31,33,42-43,47H,5-9,12-15,19-20,24,26H2,1-4H3,(H2,41,44)/b11-10+/t33-/m0/s1. The predicted octanol–water partition coefficient (Wildman–Crippen LogP) is 6.50. The van der Waals surface area contributed by atoms with Gasteiger partial charge >= 0.3 is 0 Å². The minimum atomic E-state index is -0.233. The van der Waals surface area contributed by atoms with E-state index in [2.05, 4.69) is 47.7 Å². The Morgan fingerprint density at radius 2 is 1.75 bits per heavy atom. The summed E-state index contributed by atoms with van der Waals surface area (Å²) in [6, 6.07) is 11.9. The number of phenolic OH excluding ortho intramolecular Hbond substituents is 1. The largest absolute Gasteiger partial charge is 0.504 e. The van der Waals surface area contributed by atoms with E-state index in [1.165, 1.54) is 49.1 Å². The fraction of sp³-hybridized carbons (Fsp3) is 0.475. The zero-order valence-corrected chi connectivity index (χ0v) is 29.2. The first kappa shape index (κ1) is 36.8. The van der Waals surface area contributed by atoms with Crippen LogP contribution in [0, 0.1) is 25.7 Å². The molecule has 0 amide bonds. The number of nitrogens with zero attached hydrogens (tertiary/aromatic N) is 1. The van der Waals surface area contributed by atoms with E-state index in [1.807, 2.05) is 13.1 Å². The van der Waals surface area contributed by atoms with E-state index >= 15 is 0 Å². The van der Waals surface area contributed by atoms with Crippen LogP contribution in [0.3, 0.4) is 0 Å². The number of aromatic nitrogens is 1. The molecule has 0 radical (unpaired) electrons. The first-order valence-corrected chi connectivity index (χ1v) is 17.4. The van der Waals surface area contributed by atoms with Gasteiger partial charge in [0.25, 0.3) is 0 Å². The number of anilines is 1. The number of aromatic hydroxyl groups is 1. The summed E-state index contributed by atoms with van der Waals surface area (Å²) in [6.45, 7) is 7.43. The summed E-state index contributed by atoms with van der Waals surface area (Å²) in [5.74, 6) is 2.01. The summed E-state index contributed by atoms with van der Waals surface area (Å²) in [7, 11) is 3.52. The topological polar surface area (TPSA) is 127 Å². The van der Waals surface area contributed by atoms with Gasteiger partial charge in [0.15, 0.2) is 17.3 Å². The van der Waals surface area contributed by atoms with Gasteiger partial charge in [-0.2, -0.15) is 0 Å². The van der Waals surface area contributed by atoms with Crippen molar-refractivity contribution >= 4 is 23.5 Å². The number of piperidine rings is 1. The smallest absolute Gasteiger partial charge is 0.163 e. The fourth-order valence-corrected chi connectivity index (χ4v) is 7.03. The Balaban J connectivity index is 1.34. The minimum Gasteiger partial charge on any atom is -0.504 e. The molecule has 1 atom stereocenters. The molecule has 8 nitrogen and oxygen atoms in total. The fourth-order valence-electron chi connectivity index (χ4n) is 7.03. The first-order valence-electron chi connectivity index (χ1n) is 17.4. The summed E-state index contributed by atoms with van der Waals surface area (Å²) < 4.78 is 5.35. The van der Waals surface area contributed by atoms with Crippen LogP contribution >= 0.6 is 0 Å². The zero-order valence-electron chi connectivity index (χ0n) is 29.2. The molecule has 0 unspecified atom stereocenters. The molecule has 0 bridgehead atoms. The number of benzene rings is 2. The van der Waals surface area contributed by atoms with E-state index in [1.54, 1.807) is 24.4 Å². The molecule has 5 N–H and O–H groups in total. The maximum Gasteiger partial charge on any atom is 0.163 e. The number of nitrogens with two attached hydrogens (primary N) is 1. The number of pyridine rings is 1. The third-order valence-corrected chi connectivity index (χ3v) is 9.44. The molecule has 1 aromatic heterocycles.